The quantitative estimate of drug-likeness (QED) is 0.0829. The number of rotatable bonds is 4. The van der Waals surface area contributed by atoms with Crippen molar-refractivity contribution in [2.24, 2.45) is 5.92 Å². The van der Waals surface area contributed by atoms with Crippen molar-refractivity contribution >= 4 is 80.1 Å². The van der Waals surface area contributed by atoms with Crippen LogP contribution in [0.25, 0.3) is 6.08 Å². The molecule has 0 aliphatic heterocycles. The summed E-state index contributed by atoms with van der Waals surface area (Å²) in [6, 6.07) is 14.1. The van der Waals surface area contributed by atoms with Crippen LogP contribution in [0.15, 0.2) is 54.6 Å². The third-order valence-electron chi connectivity index (χ3n) is 4.71. The zero-order chi connectivity index (χ0) is 32.5. The fourth-order valence-corrected chi connectivity index (χ4v) is 2.94. The van der Waals surface area contributed by atoms with Gasteiger partial charge in [-0.3, -0.25) is 9.59 Å². The maximum atomic E-state index is 11.7. The number of alkyl halides is 6. The molecule has 2 aromatic rings. The van der Waals surface area contributed by atoms with E-state index >= 15 is 0 Å². The van der Waals surface area contributed by atoms with E-state index < -0.39 is 36.2 Å². The van der Waals surface area contributed by atoms with Gasteiger partial charge in [-0.25, -0.2) is 35.9 Å². The van der Waals surface area contributed by atoms with E-state index in [1.807, 2.05) is 12.1 Å². The van der Waals surface area contributed by atoms with Crippen molar-refractivity contribution in [2.75, 3.05) is 21.3 Å². The van der Waals surface area contributed by atoms with E-state index in [0.29, 0.717) is 23.1 Å². The second kappa shape index (κ2) is 24.3. The van der Waals surface area contributed by atoms with Gasteiger partial charge in [0.1, 0.15) is 5.92 Å². The summed E-state index contributed by atoms with van der Waals surface area (Å²) >= 11 is 0. The number of halogens is 6. The Bertz CT molecular complexity index is 1280. The van der Waals surface area contributed by atoms with Crippen LogP contribution in [0.5, 0.6) is 0 Å². The maximum Gasteiger partial charge on any atom is 2.00 e. The summed E-state index contributed by atoms with van der Waals surface area (Å²) in [5.74, 6) is -2.10. The molecule has 0 aromatic heterocycles. The van der Waals surface area contributed by atoms with Gasteiger partial charge in [0, 0.05) is 11.6 Å². The molecule has 17 heteroatoms. The second-order valence-corrected chi connectivity index (χ2v) is 7.44. The van der Waals surface area contributed by atoms with Gasteiger partial charge in [0.15, 0.2) is 5.78 Å². The van der Waals surface area contributed by atoms with E-state index in [0.717, 1.165) is 5.56 Å². The van der Waals surface area contributed by atoms with Crippen LogP contribution in [0, 0.1) is 5.92 Å². The predicted octanol–water partition coefficient (Wildman–Crippen LogP) is 4.67. The third-order valence-corrected chi connectivity index (χ3v) is 4.71. The van der Waals surface area contributed by atoms with E-state index in [9.17, 15) is 45.5 Å². The summed E-state index contributed by atoms with van der Waals surface area (Å²) in [5.41, 5.74) is 2.61. The Hall–Kier alpha value is -2.90. The van der Waals surface area contributed by atoms with Crippen LogP contribution in [0.2, 0.25) is 0 Å². The van der Waals surface area contributed by atoms with E-state index in [4.69, 9.17) is 9.59 Å². The van der Waals surface area contributed by atoms with Crippen molar-refractivity contribution in [1.82, 2.24) is 0 Å². The van der Waals surface area contributed by atoms with Gasteiger partial charge >= 0.3 is 76.1 Å². The van der Waals surface area contributed by atoms with Crippen molar-refractivity contribution in [3.8, 4) is 0 Å². The van der Waals surface area contributed by atoms with E-state index in [-0.39, 0.29) is 86.8 Å². The molecule has 1 unspecified atom stereocenters. The molecule has 1 aliphatic rings. The summed E-state index contributed by atoms with van der Waals surface area (Å²) in [7, 11) is 3.90. The normalized spacial score (nSPS) is 12.6. The molecule has 0 saturated heterocycles. The Morgan fingerprint density at radius 2 is 1.31 bits per heavy atom. The van der Waals surface area contributed by atoms with E-state index in [2.05, 4.69) is 14.2 Å². The Balaban J connectivity index is -0.000000124. The summed E-state index contributed by atoms with van der Waals surface area (Å²) in [6.45, 7) is 0. The van der Waals surface area contributed by atoms with Gasteiger partial charge in [-0.05, 0) is 29.7 Å². The van der Waals surface area contributed by atoms with Crippen LogP contribution in [-0.4, -0.2) is 108 Å². The molecule has 0 bridgehead atoms. The third kappa shape index (κ3) is 20.0. The standard InChI is InChI=1S/C12H12O4.C11H10O3.2C2F3O.CH4.Ca.Pd.2H/c1-15-11(13)8-7-9-5-3-4-6-10(9)12(14)16-2;1-14-11(13)9-6-7-4-2-3-5-8(7)10(9)12;2*3-2(4,5)1-6;;;;;/h3-8H,1-2H3;2-5,9H,6H2,1H3;;;1H4;;;;/q;;2*-1;;2*+2;2*-1/b8-7+;;;;;;;;. The molecule has 0 heterocycles. The second-order valence-electron chi connectivity index (χ2n) is 7.44. The summed E-state index contributed by atoms with van der Waals surface area (Å²) in [4.78, 5) is 62.4. The number of carbonyl (C=O) groups is 4. The number of hydrogen-bond acceptors (Lipinski definition) is 9. The molecule has 3 rings (SSSR count). The molecule has 0 radical (unpaired) electrons. The predicted molar refractivity (Wildman–Crippen MR) is 147 cm³/mol. The van der Waals surface area contributed by atoms with Gasteiger partial charge in [-0.15, -0.1) is 0 Å². The minimum Gasteiger partial charge on any atom is -1.00 e. The number of methoxy groups -OCH3 is 3. The van der Waals surface area contributed by atoms with Gasteiger partial charge in [0.25, 0.3) is 12.4 Å². The fourth-order valence-electron chi connectivity index (χ4n) is 2.94. The van der Waals surface area contributed by atoms with Crippen LogP contribution >= 0.6 is 0 Å². The van der Waals surface area contributed by atoms with Gasteiger partial charge in [0.05, 0.1) is 26.9 Å². The summed E-state index contributed by atoms with van der Waals surface area (Å²) < 4.78 is 75.8. The van der Waals surface area contributed by atoms with Crippen molar-refractivity contribution in [3.05, 3.63) is 76.9 Å². The minimum absolute atomic E-state index is 0. The summed E-state index contributed by atoms with van der Waals surface area (Å²) in [6.07, 6.45) is -6.58. The van der Waals surface area contributed by atoms with Crippen LogP contribution in [0.3, 0.4) is 0 Å². The fraction of sp³-hybridized carbons (Fsp3) is 0.286. The molecular formula is C28H28CaF6O9Pd. The number of carbonyl (C=O) groups excluding carboxylic acids is 6. The largest absolute Gasteiger partial charge is 2.00 e. The number of ether oxygens (including phenoxy) is 3. The number of Topliss-reactive ketones (excluding diaryl/α,β-unsaturated/α-hetero) is 1. The van der Waals surface area contributed by atoms with Gasteiger partial charge in [-0.1, -0.05) is 49.9 Å². The van der Waals surface area contributed by atoms with Crippen molar-refractivity contribution in [2.45, 2.75) is 26.2 Å². The first-order valence-electron chi connectivity index (χ1n) is 11.1. The number of hydrogen-bond donors (Lipinski definition) is 0. The SMILES string of the molecule is C.COC(=O)/C=C/c1ccccc1C(=O)OC.COC(=O)C1Cc2ccccc2C1=O.O=[C-]C(F)(F)F.O=[C-]C(F)(F)F.[Ca+2].[H-].[H-].[Pd+2]. The maximum absolute atomic E-state index is 11.7. The molecule has 45 heavy (non-hydrogen) atoms. The average molecular weight is 769 g/mol. The number of esters is 3. The zero-order valence-corrected chi connectivity index (χ0v) is 26.8. The van der Waals surface area contributed by atoms with Crippen LogP contribution < -0.4 is 0 Å². The first-order valence-corrected chi connectivity index (χ1v) is 11.1. The van der Waals surface area contributed by atoms with Gasteiger partial charge in [0.2, 0.25) is 0 Å². The zero-order valence-electron chi connectivity index (χ0n) is 25.0. The van der Waals surface area contributed by atoms with Crippen LogP contribution in [-0.2, 0) is 60.2 Å². The Labute approximate surface area is 301 Å². The van der Waals surface area contributed by atoms with Gasteiger partial charge in [-0.2, -0.15) is 12.6 Å². The van der Waals surface area contributed by atoms with Gasteiger partial charge < -0.3 is 26.7 Å². The molecule has 0 saturated carbocycles. The number of fused-ring (bicyclic) bond motifs is 1. The Morgan fingerprint density at radius 3 is 1.73 bits per heavy atom. The molecule has 0 amide bonds. The number of ketones is 1. The molecule has 9 nitrogen and oxygen atoms in total. The monoisotopic (exact) mass is 768 g/mol. The smallest absolute Gasteiger partial charge is 1.00 e. The summed E-state index contributed by atoms with van der Waals surface area (Å²) in [5, 5.41) is 0. The molecule has 0 spiro atoms. The Kier molecular flexibility index (Phi) is 26.5. The van der Waals surface area contributed by atoms with E-state index in [1.54, 1.807) is 36.4 Å². The van der Waals surface area contributed by atoms with Crippen molar-refractivity contribution in [1.29, 1.82) is 0 Å². The molecule has 248 valence electrons. The minimum atomic E-state index is -4.76. The van der Waals surface area contributed by atoms with E-state index in [1.165, 1.54) is 33.5 Å². The first-order chi connectivity index (χ1) is 19.5. The molecule has 1 atom stereocenters. The topological polar surface area (TPSA) is 130 Å². The van der Waals surface area contributed by atoms with Crippen LogP contribution in [0.1, 0.15) is 42.1 Å². The van der Waals surface area contributed by atoms with Crippen LogP contribution in [0.4, 0.5) is 26.3 Å². The van der Waals surface area contributed by atoms with Crippen molar-refractivity contribution in [3.63, 3.8) is 0 Å². The molecule has 0 N–H and O–H groups in total. The average Bonchev–Trinajstić information content (AvgIpc) is 3.31. The number of benzene rings is 2. The first kappa shape index (κ1) is 49.0. The molecule has 1 aliphatic carbocycles. The molecule has 0 fully saturated rings. The van der Waals surface area contributed by atoms with Crippen molar-refractivity contribution < 1.29 is 92.6 Å². The Morgan fingerprint density at radius 1 is 0.844 bits per heavy atom. The molecular weight excluding hydrogens is 741 g/mol. The molecule has 2 aromatic carbocycles.